The molecule has 3 rings (SSSR count). The van der Waals surface area contributed by atoms with Gasteiger partial charge in [0, 0.05) is 5.69 Å². The first kappa shape index (κ1) is 22.6. The molecule has 0 aliphatic heterocycles. The van der Waals surface area contributed by atoms with E-state index in [0.29, 0.717) is 23.6 Å². The van der Waals surface area contributed by atoms with Gasteiger partial charge in [-0.2, -0.15) is 0 Å². The Hall–Kier alpha value is -3.04. The molecule has 0 unspecified atom stereocenters. The van der Waals surface area contributed by atoms with Gasteiger partial charge in [0.05, 0.1) is 22.1 Å². The van der Waals surface area contributed by atoms with Crippen molar-refractivity contribution in [3.8, 4) is 5.75 Å². The van der Waals surface area contributed by atoms with Crippen LogP contribution in [-0.2, 0) is 20.0 Å². The van der Waals surface area contributed by atoms with E-state index >= 15 is 0 Å². The highest BCUT2D eigenvalue weighted by Gasteiger charge is 2.20. The number of rotatable bonds is 8. The van der Waals surface area contributed by atoms with E-state index in [4.69, 9.17) is 4.74 Å². The van der Waals surface area contributed by atoms with E-state index in [2.05, 4.69) is 9.44 Å². The molecule has 9 heteroatoms. The van der Waals surface area contributed by atoms with Gasteiger partial charge in [-0.15, -0.1) is 0 Å². The summed E-state index contributed by atoms with van der Waals surface area (Å²) in [7, 11) is -7.82. The average molecular weight is 461 g/mol. The standard InChI is InChI=1S/C22H24N2O5S2/c1-4-29-20-10-12-21(13-11-20)30(25,26)23-19-9-8-17(3)22(15-19)31(27,28)24-18-7-5-6-16(2)14-18/h5-15,23-24H,4H2,1-3H3. The summed E-state index contributed by atoms with van der Waals surface area (Å²) in [6.45, 7) is 5.82. The smallest absolute Gasteiger partial charge is 0.262 e. The molecule has 0 saturated carbocycles. The lowest BCUT2D eigenvalue weighted by molar-refractivity contribution is 0.340. The number of hydrogen-bond donors (Lipinski definition) is 2. The number of sulfonamides is 2. The molecule has 31 heavy (non-hydrogen) atoms. The second-order valence-electron chi connectivity index (χ2n) is 6.97. The number of aryl methyl sites for hydroxylation is 2. The van der Waals surface area contributed by atoms with Crippen molar-refractivity contribution < 1.29 is 21.6 Å². The molecule has 164 valence electrons. The lowest BCUT2D eigenvalue weighted by Crippen LogP contribution is -2.16. The molecule has 0 bridgehead atoms. The third-order valence-electron chi connectivity index (χ3n) is 4.45. The predicted molar refractivity (Wildman–Crippen MR) is 122 cm³/mol. The molecule has 0 spiro atoms. The van der Waals surface area contributed by atoms with E-state index in [-0.39, 0.29) is 15.5 Å². The van der Waals surface area contributed by atoms with E-state index in [1.165, 1.54) is 24.3 Å². The minimum atomic E-state index is -3.92. The van der Waals surface area contributed by atoms with Gasteiger partial charge in [-0.1, -0.05) is 18.2 Å². The molecular formula is C22H24N2O5S2. The van der Waals surface area contributed by atoms with Gasteiger partial charge in [0.2, 0.25) is 0 Å². The zero-order chi connectivity index (χ0) is 22.6. The number of anilines is 2. The van der Waals surface area contributed by atoms with Gasteiger partial charge in [0.15, 0.2) is 0 Å². The molecule has 0 heterocycles. The Bertz CT molecular complexity index is 1290. The molecule has 0 radical (unpaired) electrons. The first-order valence-corrected chi connectivity index (χ1v) is 12.5. The molecule has 3 aromatic rings. The zero-order valence-corrected chi connectivity index (χ0v) is 19.0. The third kappa shape index (κ3) is 5.56. The highest BCUT2D eigenvalue weighted by Crippen LogP contribution is 2.25. The number of nitrogens with one attached hydrogen (secondary N) is 2. The maximum Gasteiger partial charge on any atom is 0.262 e. The Kier molecular flexibility index (Phi) is 6.56. The molecule has 0 aromatic heterocycles. The maximum atomic E-state index is 12.9. The summed E-state index contributed by atoms with van der Waals surface area (Å²) in [6, 6.07) is 17.3. The SMILES string of the molecule is CCOc1ccc(S(=O)(=O)Nc2ccc(C)c(S(=O)(=O)Nc3cccc(C)c3)c2)cc1. The van der Waals surface area contributed by atoms with Crippen molar-refractivity contribution in [3.63, 3.8) is 0 Å². The number of ether oxygens (including phenoxy) is 1. The molecule has 0 aliphatic carbocycles. The molecule has 0 aliphatic rings. The van der Waals surface area contributed by atoms with E-state index in [1.54, 1.807) is 43.3 Å². The maximum absolute atomic E-state index is 12.9. The lowest BCUT2D eigenvalue weighted by Gasteiger charge is -2.14. The summed E-state index contributed by atoms with van der Waals surface area (Å²) >= 11 is 0. The van der Waals surface area contributed by atoms with Crippen LogP contribution < -0.4 is 14.2 Å². The van der Waals surface area contributed by atoms with E-state index in [1.807, 2.05) is 19.9 Å². The van der Waals surface area contributed by atoms with Gasteiger partial charge < -0.3 is 4.74 Å². The van der Waals surface area contributed by atoms with Crippen molar-refractivity contribution in [2.24, 2.45) is 0 Å². The fourth-order valence-electron chi connectivity index (χ4n) is 2.97. The van der Waals surface area contributed by atoms with Crippen LogP contribution in [-0.4, -0.2) is 23.4 Å². The monoisotopic (exact) mass is 460 g/mol. The minimum Gasteiger partial charge on any atom is -0.494 e. The highest BCUT2D eigenvalue weighted by atomic mass is 32.2. The summed E-state index contributed by atoms with van der Waals surface area (Å²) in [4.78, 5) is 0.0275. The van der Waals surface area contributed by atoms with Gasteiger partial charge in [-0.25, -0.2) is 16.8 Å². The largest absolute Gasteiger partial charge is 0.494 e. The predicted octanol–water partition coefficient (Wildman–Crippen LogP) is 4.30. The Morgan fingerprint density at radius 1 is 0.774 bits per heavy atom. The van der Waals surface area contributed by atoms with Gasteiger partial charge in [-0.05, 0) is 80.4 Å². The van der Waals surface area contributed by atoms with E-state index in [0.717, 1.165) is 5.56 Å². The van der Waals surface area contributed by atoms with E-state index in [9.17, 15) is 16.8 Å². The van der Waals surface area contributed by atoms with Gasteiger partial charge in [0.25, 0.3) is 20.0 Å². The summed E-state index contributed by atoms with van der Waals surface area (Å²) in [5, 5.41) is 0. The van der Waals surface area contributed by atoms with Gasteiger partial charge in [0.1, 0.15) is 5.75 Å². The summed E-state index contributed by atoms with van der Waals surface area (Å²) < 4.78 is 61.6. The summed E-state index contributed by atoms with van der Waals surface area (Å²) in [6.07, 6.45) is 0. The fourth-order valence-corrected chi connectivity index (χ4v) is 5.34. The quantitative estimate of drug-likeness (QED) is 0.522. The molecule has 0 fully saturated rings. The molecule has 2 N–H and O–H groups in total. The van der Waals surface area contributed by atoms with Crippen LogP contribution in [0.5, 0.6) is 5.75 Å². The molecule has 0 saturated heterocycles. The van der Waals surface area contributed by atoms with Crippen LogP contribution in [0.3, 0.4) is 0 Å². The minimum absolute atomic E-state index is 0.0131. The molecule has 7 nitrogen and oxygen atoms in total. The van der Waals surface area contributed by atoms with Crippen molar-refractivity contribution in [1.29, 1.82) is 0 Å². The van der Waals surface area contributed by atoms with Crippen molar-refractivity contribution in [2.45, 2.75) is 30.6 Å². The van der Waals surface area contributed by atoms with Crippen LogP contribution in [0, 0.1) is 13.8 Å². The van der Waals surface area contributed by atoms with Gasteiger partial charge >= 0.3 is 0 Å². The Morgan fingerprint density at radius 2 is 1.42 bits per heavy atom. The Balaban J connectivity index is 1.88. The van der Waals surface area contributed by atoms with Crippen LogP contribution in [0.25, 0.3) is 0 Å². The molecule has 0 atom stereocenters. The molecule has 3 aromatic carbocycles. The lowest BCUT2D eigenvalue weighted by atomic mass is 10.2. The zero-order valence-electron chi connectivity index (χ0n) is 17.4. The van der Waals surface area contributed by atoms with Crippen molar-refractivity contribution in [1.82, 2.24) is 0 Å². The summed E-state index contributed by atoms with van der Waals surface area (Å²) in [5.41, 5.74) is 1.97. The highest BCUT2D eigenvalue weighted by molar-refractivity contribution is 7.93. The fraction of sp³-hybridized carbons (Fsp3) is 0.182. The van der Waals surface area contributed by atoms with Crippen molar-refractivity contribution >= 4 is 31.4 Å². The Labute approximate surface area is 183 Å². The number of hydrogen-bond acceptors (Lipinski definition) is 5. The van der Waals surface area contributed by atoms with Crippen LogP contribution in [0.15, 0.2) is 76.5 Å². The number of benzene rings is 3. The first-order chi connectivity index (χ1) is 14.6. The van der Waals surface area contributed by atoms with Crippen molar-refractivity contribution in [3.05, 3.63) is 77.9 Å². The van der Waals surface area contributed by atoms with Crippen molar-refractivity contribution in [2.75, 3.05) is 16.1 Å². The summed E-state index contributed by atoms with van der Waals surface area (Å²) in [5.74, 6) is 0.562. The third-order valence-corrected chi connectivity index (χ3v) is 7.37. The normalized spacial score (nSPS) is 11.7. The second-order valence-corrected chi connectivity index (χ2v) is 10.3. The van der Waals surface area contributed by atoms with Crippen LogP contribution in [0.2, 0.25) is 0 Å². The average Bonchev–Trinajstić information content (AvgIpc) is 2.69. The van der Waals surface area contributed by atoms with E-state index < -0.39 is 20.0 Å². The van der Waals surface area contributed by atoms with Gasteiger partial charge in [-0.3, -0.25) is 9.44 Å². The van der Waals surface area contributed by atoms with Crippen LogP contribution >= 0.6 is 0 Å². The topological polar surface area (TPSA) is 102 Å². The Morgan fingerprint density at radius 3 is 2.06 bits per heavy atom. The first-order valence-electron chi connectivity index (χ1n) is 9.56. The second kappa shape index (κ2) is 8.99. The molecule has 0 amide bonds. The van der Waals surface area contributed by atoms with Crippen LogP contribution in [0.1, 0.15) is 18.1 Å². The molecular weight excluding hydrogens is 436 g/mol. The van der Waals surface area contributed by atoms with Crippen LogP contribution in [0.4, 0.5) is 11.4 Å².